The number of carboxylic acids is 2. The summed E-state index contributed by atoms with van der Waals surface area (Å²) in [6.07, 6.45) is 4.05. The third-order valence-corrected chi connectivity index (χ3v) is 3.81. The normalized spacial score (nSPS) is 14.0. The van der Waals surface area contributed by atoms with Gasteiger partial charge in [0, 0.05) is 6.54 Å². The summed E-state index contributed by atoms with van der Waals surface area (Å²) in [6.45, 7) is 8.19. The molecule has 0 spiro atoms. The van der Waals surface area contributed by atoms with Crippen molar-refractivity contribution >= 4 is 11.9 Å². The Morgan fingerprint density at radius 3 is 1.96 bits per heavy atom. The maximum atomic E-state index is 9.10. The molecule has 1 aromatic carbocycles. The molecule has 2 rings (SSSR count). The third kappa shape index (κ3) is 11.1. The largest absolute Gasteiger partial charge is 0.494 e. The van der Waals surface area contributed by atoms with Crippen molar-refractivity contribution < 1.29 is 34.0 Å². The SMILES string of the molecule is CCOc1ccc(OCCOCCN2CCCCC2)cc1.O=C(O)C(=O)O. The number of ether oxygens (including phenoxy) is 3. The van der Waals surface area contributed by atoms with E-state index in [1.807, 2.05) is 31.2 Å². The summed E-state index contributed by atoms with van der Waals surface area (Å²) in [7, 11) is 0. The van der Waals surface area contributed by atoms with Crippen LogP contribution in [0.25, 0.3) is 0 Å². The molecule has 0 saturated carbocycles. The van der Waals surface area contributed by atoms with Crippen LogP contribution in [0.15, 0.2) is 24.3 Å². The Hall–Kier alpha value is -2.32. The van der Waals surface area contributed by atoms with E-state index in [2.05, 4.69) is 4.90 Å². The quantitative estimate of drug-likeness (QED) is 0.493. The van der Waals surface area contributed by atoms with Gasteiger partial charge < -0.3 is 29.3 Å². The standard InChI is InChI=1S/C17H27NO3.C2H2O4/c1-2-20-16-6-8-17(9-7-16)21-15-14-19-13-12-18-10-4-3-5-11-18;3-1(4)2(5)6/h6-9H,2-5,10-15H2,1H3;(H,3,4)(H,5,6). The molecule has 27 heavy (non-hydrogen) atoms. The van der Waals surface area contributed by atoms with Gasteiger partial charge in [0.2, 0.25) is 0 Å². The number of piperidine rings is 1. The van der Waals surface area contributed by atoms with E-state index in [1.165, 1.54) is 32.4 Å². The molecular weight excluding hydrogens is 354 g/mol. The molecule has 1 heterocycles. The van der Waals surface area contributed by atoms with Gasteiger partial charge in [-0.05, 0) is 57.1 Å². The van der Waals surface area contributed by atoms with Crippen LogP contribution in [-0.4, -0.2) is 73.1 Å². The lowest BCUT2D eigenvalue weighted by molar-refractivity contribution is -0.159. The van der Waals surface area contributed by atoms with E-state index in [9.17, 15) is 0 Å². The summed E-state index contributed by atoms with van der Waals surface area (Å²) < 4.78 is 16.7. The molecule has 0 aliphatic carbocycles. The highest BCUT2D eigenvalue weighted by molar-refractivity contribution is 6.27. The fraction of sp³-hybridized carbons (Fsp3) is 0.579. The van der Waals surface area contributed by atoms with Crippen LogP contribution in [-0.2, 0) is 14.3 Å². The molecule has 1 aliphatic heterocycles. The molecule has 8 heteroatoms. The molecule has 1 aliphatic rings. The maximum Gasteiger partial charge on any atom is 0.414 e. The van der Waals surface area contributed by atoms with Crippen molar-refractivity contribution in [1.82, 2.24) is 4.90 Å². The Kier molecular flexibility index (Phi) is 11.6. The van der Waals surface area contributed by atoms with Gasteiger partial charge in [-0.3, -0.25) is 0 Å². The number of hydrogen-bond acceptors (Lipinski definition) is 6. The van der Waals surface area contributed by atoms with Crippen molar-refractivity contribution in [2.45, 2.75) is 26.2 Å². The number of nitrogens with zero attached hydrogens (tertiary/aromatic N) is 1. The monoisotopic (exact) mass is 383 g/mol. The number of likely N-dealkylation sites (tertiary alicyclic amines) is 1. The first-order chi connectivity index (χ1) is 13.0. The molecule has 1 fully saturated rings. The summed E-state index contributed by atoms with van der Waals surface area (Å²) in [5.74, 6) is -1.91. The van der Waals surface area contributed by atoms with Crippen LogP contribution in [0.2, 0.25) is 0 Å². The van der Waals surface area contributed by atoms with Crippen molar-refractivity contribution in [3.63, 3.8) is 0 Å². The molecule has 0 unspecified atom stereocenters. The number of hydrogen-bond donors (Lipinski definition) is 2. The first kappa shape index (κ1) is 22.7. The molecule has 0 bridgehead atoms. The summed E-state index contributed by atoms with van der Waals surface area (Å²) in [6, 6.07) is 7.71. The Morgan fingerprint density at radius 2 is 1.44 bits per heavy atom. The fourth-order valence-electron chi connectivity index (χ4n) is 2.50. The van der Waals surface area contributed by atoms with Crippen molar-refractivity contribution in [2.24, 2.45) is 0 Å². The maximum absolute atomic E-state index is 9.10. The average Bonchev–Trinajstić information content (AvgIpc) is 2.67. The van der Waals surface area contributed by atoms with Crippen LogP contribution in [0.4, 0.5) is 0 Å². The van der Waals surface area contributed by atoms with Crippen LogP contribution in [0.5, 0.6) is 11.5 Å². The van der Waals surface area contributed by atoms with Crippen molar-refractivity contribution in [1.29, 1.82) is 0 Å². The zero-order valence-electron chi connectivity index (χ0n) is 15.8. The zero-order valence-corrected chi connectivity index (χ0v) is 15.8. The van der Waals surface area contributed by atoms with Crippen LogP contribution in [0.3, 0.4) is 0 Å². The smallest absolute Gasteiger partial charge is 0.414 e. The highest BCUT2D eigenvalue weighted by Gasteiger charge is 2.08. The molecule has 152 valence electrons. The van der Waals surface area contributed by atoms with E-state index >= 15 is 0 Å². The van der Waals surface area contributed by atoms with Gasteiger partial charge in [0.25, 0.3) is 0 Å². The Labute approximate surface area is 159 Å². The van der Waals surface area contributed by atoms with Gasteiger partial charge in [-0.25, -0.2) is 9.59 Å². The Bertz CT molecular complexity index is 529. The molecule has 1 saturated heterocycles. The van der Waals surface area contributed by atoms with Crippen molar-refractivity contribution in [3.05, 3.63) is 24.3 Å². The number of benzene rings is 1. The van der Waals surface area contributed by atoms with E-state index in [4.69, 9.17) is 34.0 Å². The molecule has 1 aromatic rings. The summed E-state index contributed by atoms with van der Waals surface area (Å²) in [5, 5.41) is 14.8. The Morgan fingerprint density at radius 1 is 0.889 bits per heavy atom. The highest BCUT2D eigenvalue weighted by Crippen LogP contribution is 2.17. The second-order valence-corrected chi connectivity index (χ2v) is 5.88. The van der Waals surface area contributed by atoms with Gasteiger partial charge in [-0.15, -0.1) is 0 Å². The minimum absolute atomic E-state index is 0.591. The molecule has 0 atom stereocenters. The van der Waals surface area contributed by atoms with Crippen molar-refractivity contribution in [2.75, 3.05) is 46.1 Å². The van der Waals surface area contributed by atoms with Crippen molar-refractivity contribution in [3.8, 4) is 11.5 Å². The van der Waals surface area contributed by atoms with Gasteiger partial charge in [0.1, 0.15) is 18.1 Å². The predicted octanol–water partition coefficient (Wildman–Crippen LogP) is 2.12. The second-order valence-electron chi connectivity index (χ2n) is 5.88. The minimum atomic E-state index is -1.82. The summed E-state index contributed by atoms with van der Waals surface area (Å²) in [4.78, 5) is 20.7. The molecule has 0 radical (unpaired) electrons. The topological polar surface area (TPSA) is 106 Å². The van der Waals surface area contributed by atoms with Gasteiger partial charge in [0.05, 0.1) is 19.8 Å². The lowest BCUT2D eigenvalue weighted by atomic mass is 10.1. The average molecular weight is 383 g/mol. The molecule has 0 aromatic heterocycles. The van der Waals surface area contributed by atoms with E-state index in [1.54, 1.807) is 0 Å². The third-order valence-electron chi connectivity index (χ3n) is 3.81. The zero-order chi connectivity index (χ0) is 19.9. The molecule has 2 N–H and O–H groups in total. The number of carboxylic acid groups (broad SMARTS) is 2. The van der Waals surface area contributed by atoms with Crippen LogP contribution >= 0.6 is 0 Å². The summed E-state index contributed by atoms with van der Waals surface area (Å²) >= 11 is 0. The van der Waals surface area contributed by atoms with Gasteiger partial charge >= 0.3 is 11.9 Å². The summed E-state index contributed by atoms with van der Waals surface area (Å²) in [5.41, 5.74) is 0. The van der Waals surface area contributed by atoms with E-state index < -0.39 is 11.9 Å². The predicted molar refractivity (Wildman–Crippen MR) is 99.5 cm³/mol. The minimum Gasteiger partial charge on any atom is -0.494 e. The van der Waals surface area contributed by atoms with Crippen LogP contribution < -0.4 is 9.47 Å². The number of aliphatic carboxylic acids is 2. The second kappa shape index (κ2) is 13.8. The lowest BCUT2D eigenvalue weighted by Gasteiger charge is -2.26. The van der Waals surface area contributed by atoms with Crippen LogP contribution in [0.1, 0.15) is 26.2 Å². The van der Waals surface area contributed by atoms with E-state index in [-0.39, 0.29) is 0 Å². The number of rotatable bonds is 9. The fourth-order valence-corrected chi connectivity index (χ4v) is 2.50. The van der Waals surface area contributed by atoms with Crippen LogP contribution in [0, 0.1) is 0 Å². The number of carbonyl (C=O) groups is 2. The lowest BCUT2D eigenvalue weighted by Crippen LogP contribution is -2.32. The first-order valence-corrected chi connectivity index (χ1v) is 9.15. The molecule has 8 nitrogen and oxygen atoms in total. The Balaban J connectivity index is 0.000000527. The van der Waals surface area contributed by atoms with Gasteiger partial charge in [-0.1, -0.05) is 6.42 Å². The molecule has 0 amide bonds. The van der Waals surface area contributed by atoms with E-state index in [0.717, 1.165) is 24.7 Å². The molecular formula is C19H29NO7. The van der Waals surface area contributed by atoms with E-state index in [0.29, 0.717) is 19.8 Å². The van der Waals surface area contributed by atoms with Gasteiger partial charge in [-0.2, -0.15) is 0 Å². The first-order valence-electron chi connectivity index (χ1n) is 9.15. The van der Waals surface area contributed by atoms with Gasteiger partial charge in [0.15, 0.2) is 0 Å². The highest BCUT2D eigenvalue weighted by atomic mass is 16.5.